The summed E-state index contributed by atoms with van der Waals surface area (Å²) in [7, 11) is 3.95. The molecule has 0 aliphatic heterocycles. The van der Waals surface area contributed by atoms with Crippen LogP contribution in [0.5, 0.6) is 0 Å². The second-order valence-electron chi connectivity index (χ2n) is 3.99. The van der Waals surface area contributed by atoms with E-state index in [1.807, 2.05) is 43.3 Å². The zero-order chi connectivity index (χ0) is 12.4. The van der Waals surface area contributed by atoms with Crippen LogP contribution in [0.3, 0.4) is 0 Å². The van der Waals surface area contributed by atoms with E-state index in [-0.39, 0.29) is 23.0 Å². The molecule has 1 aromatic carbocycles. The summed E-state index contributed by atoms with van der Waals surface area (Å²) < 4.78 is 0. The van der Waals surface area contributed by atoms with Gasteiger partial charge in [0.15, 0.2) is 0 Å². The number of benzene rings is 1. The minimum absolute atomic E-state index is 0. The van der Waals surface area contributed by atoms with Gasteiger partial charge in [-0.05, 0) is 24.3 Å². The zero-order valence-electron chi connectivity index (χ0n) is 10.1. The molecular formula is C13H14Cl2N2O. The van der Waals surface area contributed by atoms with Gasteiger partial charge in [-0.3, -0.25) is 4.79 Å². The van der Waals surface area contributed by atoms with Crippen LogP contribution in [-0.2, 0) is 0 Å². The van der Waals surface area contributed by atoms with E-state index in [0.717, 1.165) is 16.9 Å². The van der Waals surface area contributed by atoms with Crippen molar-refractivity contribution < 1.29 is 0 Å². The summed E-state index contributed by atoms with van der Waals surface area (Å²) in [5, 5.41) is 0.206. The fraction of sp³-hybridized carbons (Fsp3) is 0.154. The molecule has 0 amide bonds. The minimum Gasteiger partial charge on any atom is -0.378 e. The molecule has 0 saturated carbocycles. The van der Waals surface area contributed by atoms with Gasteiger partial charge in [-0.2, -0.15) is 0 Å². The van der Waals surface area contributed by atoms with Crippen molar-refractivity contribution in [1.82, 2.24) is 4.98 Å². The lowest BCUT2D eigenvalue weighted by atomic mass is 10.1. The number of aromatic amines is 1. The Bertz CT molecular complexity index is 594. The second kappa shape index (κ2) is 5.94. The fourth-order valence-corrected chi connectivity index (χ4v) is 1.69. The number of halogens is 2. The molecule has 3 nitrogen and oxygen atoms in total. The summed E-state index contributed by atoms with van der Waals surface area (Å²) in [5.74, 6) is 0. The Balaban J connectivity index is 0.00000162. The van der Waals surface area contributed by atoms with Crippen molar-refractivity contribution in [3.05, 3.63) is 51.8 Å². The Hall–Kier alpha value is -1.45. The molecule has 0 atom stereocenters. The molecule has 0 bridgehead atoms. The Morgan fingerprint density at radius 1 is 1.17 bits per heavy atom. The van der Waals surface area contributed by atoms with Crippen LogP contribution in [0, 0.1) is 0 Å². The van der Waals surface area contributed by atoms with Crippen molar-refractivity contribution in [2.45, 2.75) is 0 Å². The average molecular weight is 285 g/mol. The molecule has 2 rings (SSSR count). The molecule has 2 aromatic rings. The van der Waals surface area contributed by atoms with Crippen molar-refractivity contribution >= 4 is 29.7 Å². The molecule has 0 aliphatic rings. The van der Waals surface area contributed by atoms with E-state index < -0.39 is 0 Å². The number of nitrogens with zero attached hydrogens (tertiary/aromatic N) is 1. The van der Waals surface area contributed by atoms with E-state index in [4.69, 9.17) is 11.6 Å². The third kappa shape index (κ3) is 3.06. The lowest BCUT2D eigenvalue weighted by Gasteiger charge is -2.13. The van der Waals surface area contributed by atoms with Crippen molar-refractivity contribution in [3.63, 3.8) is 0 Å². The largest absolute Gasteiger partial charge is 0.378 e. The SMILES string of the molecule is CN(C)c1cccc(-c2ccc(Cl)c(=O)[nH]2)c1.Cl. The van der Waals surface area contributed by atoms with Gasteiger partial charge < -0.3 is 9.88 Å². The maximum absolute atomic E-state index is 11.4. The molecule has 18 heavy (non-hydrogen) atoms. The highest BCUT2D eigenvalue weighted by Gasteiger charge is 2.03. The third-order valence-electron chi connectivity index (χ3n) is 2.53. The monoisotopic (exact) mass is 284 g/mol. The van der Waals surface area contributed by atoms with Gasteiger partial charge in [0.05, 0.1) is 0 Å². The van der Waals surface area contributed by atoms with E-state index in [1.165, 1.54) is 0 Å². The van der Waals surface area contributed by atoms with Crippen LogP contribution in [0.1, 0.15) is 0 Å². The summed E-state index contributed by atoms with van der Waals surface area (Å²) in [5.41, 5.74) is 2.55. The summed E-state index contributed by atoms with van der Waals surface area (Å²) in [6.07, 6.45) is 0. The molecule has 1 N–H and O–H groups in total. The first-order chi connectivity index (χ1) is 8.08. The van der Waals surface area contributed by atoms with Crippen molar-refractivity contribution in [2.75, 3.05) is 19.0 Å². The van der Waals surface area contributed by atoms with E-state index >= 15 is 0 Å². The number of hydrogen-bond acceptors (Lipinski definition) is 2. The van der Waals surface area contributed by atoms with E-state index in [0.29, 0.717) is 0 Å². The molecule has 0 fully saturated rings. The van der Waals surface area contributed by atoms with Gasteiger partial charge in [0.2, 0.25) is 0 Å². The standard InChI is InChI=1S/C13H13ClN2O.ClH/c1-16(2)10-5-3-4-9(8-10)12-7-6-11(14)13(17)15-12;/h3-8H,1-2H3,(H,15,17);1H. The zero-order valence-corrected chi connectivity index (χ0v) is 11.7. The van der Waals surface area contributed by atoms with E-state index in [1.54, 1.807) is 12.1 Å². The quantitative estimate of drug-likeness (QED) is 0.920. The number of nitrogens with one attached hydrogen (secondary N) is 1. The Kier molecular flexibility index (Phi) is 4.82. The van der Waals surface area contributed by atoms with E-state index in [9.17, 15) is 4.79 Å². The summed E-state index contributed by atoms with van der Waals surface area (Å²) in [6.45, 7) is 0. The highest BCUT2D eigenvalue weighted by Crippen LogP contribution is 2.21. The lowest BCUT2D eigenvalue weighted by molar-refractivity contribution is 1.13. The van der Waals surface area contributed by atoms with Gasteiger partial charge in [0.25, 0.3) is 5.56 Å². The third-order valence-corrected chi connectivity index (χ3v) is 2.83. The minimum atomic E-state index is -0.264. The van der Waals surface area contributed by atoms with Crippen LogP contribution in [-0.4, -0.2) is 19.1 Å². The molecule has 1 aromatic heterocycles. The first-order valence-electron chi connectivity index (χ1n) is 5.24. The Labute approximate surface area is 117 Å². The molecule has 1 heterocycles. The van der Waals surface area contributed by atoms with Gasteiger partial charge in [0, 0.05) is 31.0 Å². The number of H-pyrrole nitrogens is 1. The van der Waals surface area contributed by atoms with Crippen molar-refractivity contribution in [2.24, 2.45) is 0 Å². The van der Waals surface area contributed by atoms with Crippen LogP contribution in [0.15, 0.2) is 41.2 Å². The van der Waals surface area contributed by atoms with Crippen LogP contribution in [0.2, 0.25) is 5.02 Å². The molecule has 0 aliphatic carbocycles. The smallest absolute Gasteiger partial charge is 0.267 e. The molecule has 0 unspecified atom stereocenters. The summed E-state index contributed by atoms with van der Waals surface area (Å²) in [4.78, 5) is 16.2. The number of pyridine rings is 1. The normalized spacial score (nSPS) is 9.72. The topological polar surface area (TPSA) is 36.1 Å². The maximum Gasteiger partial charge on any atom is 0.267 e. The molecule has 96 valence electrons. The predicted octanol–water partition coefficient (Wildman–Crippen LogP) is 3.18. The fourth-order valence-electron chi connectivity index (χ4n) is 1.58. The molecule has 0 radical (unpaired) electrons. The van der Waals surface area contributed by atoms with Crippen molar-refractivity contribution in [3.8, 4) is 11.3 Å². The first-order valence-corrected chi connectivity index (χ1v) is 5.62. The molecule has 0 spiro atoms. The highest BCUT2D eigenvalue weighted by atomic mass is 35.5. The van der Waals surface area contributed by atoms with Crippen molar-refractivity contribution in [1.29, 1.82) is 0 Å². The number of anilines is 1. The highest BCUT2D eigenvalue weighted by molar-refractivity contribution is 6.30. The molecule has 5 heteroatoms. The predicted molar refractivity (Wildman–Crippen MR) is 79.1 cm³/mol. The summed E-state index contributed by atoms with van der Waals surface area (Å²) >= 11 is 5.70. The molecule has 0 saturated heterocycles. The number of aromatic nitrogens is 1. The lowest BCUT2D eigenvalue weighted by Crippen LogP contribution is -2.09. The second-order valence-corrected chi connectivity index (χ2v) is 4.40. The summed E-state index contributed by atoms with van der Waals surface area (Å²) in [6, 6.07) is 11.3. The van der Waals surface area contributed by atoms with Gasteiger partial charge in [0.1, 0.15) is 5.02 Å². The Morgan fingerprint density at radius 2 is 1.89 bits per heavy atom. The van der Waals surface area contributed by atoms with Crippen LogP contribution >= 0.6 is 24.0 Å². The van der Waals surface area contributed by atoms with Crippen LogP contribution in [0.25, 0.3) is 11.3 Å². The van der Waals surface area contributed by atoms with Gasteiger partial charge in [-0.15, -0.1) is 12.4 Å². The van der Waals surface area contributed by atoms with Gasteiger partial charge >= 0.3 is 0 Å². The number of hydrogen-bond donors (Lipinski definition) is 1. The maximum atomic E-state index is 11.4. The average Bonchev–Trinajstić information content (AvgIpc) is 2.33. The van der Waals surface area contributed by atoms with Gasteiger partial charge in [-0.25, -0.2) is 0 Å². The van der Waals surface area contributed by atoms with E-state index in [2.05, 4.69) is 4.98 Å². The molecular weight excluding hydrogens is 271 g/mol. The van der Waals surface area contributed by atoms with Gasteiger partial charge in [-0.1, -0.05) is 23.7 Å². The van der Waals surface area contributed by atoms with Crippen LogP contribution in [0.4, 0.5) is 5.69 Å². The number of rotatable bonds is 2. The van der Waals surface area contributed by atoms with Crippen LogP contribution < -0.4 is 10.5 Å². The first kappa shape index (κ1) is 14.6. The Morgan fingerprint density at radius 3 is 2.50 bits per heavy atom.